The number of hydrogen-bond donors (Lipinski definition) is 7. The van der Waals surface area contributed by atoms with Crippen LogP contribution in [0.5, 0.6) is 0 Å². The number of nitrogens with one attached hydrogen (secondary N) is 5. The Balaban J connectivity index is 1.87. The molecule has 1 aromatic heterocycles. The van der Waals surface area contributed by atoms with Crippen molar-refractivity contribution in [3.8, 4) is 11.1 Å². The summed E-state index contributed by atoms with van der Waals surface area (Å²) in [6, 6.07) is 6.59. The van der Waals surface area contributed by atoms with Gasteiger partial charge >= 0.3 is 0 Å². The Kier molecular flexibility index (Phi) is 5.43. The number of fused-ring (bicyclic) bond motifs is 1. The summed E-state index contributed by atoms with van der Waals surface area (Å²) in [6.07, 6.45) is -0.824. The molecule has 2 aliphatic rings. The smallest absolute Gasteiger partial charge is 0.239 e. The largest absolute Gasteiger partial charge is 0.375 e. The lowest BCUT2D eigenvalue weighted by molar-refractivity contribution is 0.491. The zero-order valence-corrected chi connectivity index (χ0v) is 19.8. The fraction of sp³-hybridized carbons (Fsp3) is 0.278. The van der Waals surface area contributed by atoms with E-state index >= 15 is 0 Å². The molecule has 2 aromatic carbocycles. The molecule has 0 spiro atoms. The van der Waals surface area contributed by atoms with Crippen molar-refractivity contribution in [2.45, 2.75) is 28.1 Å². The third kappa shape index (κ3) is 3.71. The third-order valence-electron chi connectivity index (χ3n) is 5.77. The molecule has 0 unspecified atom stereocenters. The summed E-state index contributed by atoms with van der Waals surface area (Å²) in [5, 5.41) is 8.17. The minimum atomic E-state index is -4.47. The number of sulfone groups is 1. The molecule has 3 heterocycles. The molecule has 0 amide bonds. The van der Waals surface area contributed by atoms with Crippen LogP contribution in [-0.4, -0.2) is 40.2 Å². The van der Waals surface area contributed by atoms with Crippen molar-refractivity contribution in [3.05, 3.63) is 35.4 Å². The van der Waals surface area contributed by atoms with Crippen LogP contribution < -0.4 is 38.1 Å². The first-order valence-electron chi connectivity index (χ1n) is 9.90. The van der Waals surface area contributed by atoms with Gasteiger partial charge in [0.1, 0.15) is 11.1 Å². The lowest BCUT2D eigenvalue weighted by Gasteiger charge is -2.29. The summed E-state index contributed by atoms with van der Waals surface area (Å²) < 4.78 is 53.2. The summed E-state index contributed by atoms with van der Waals surface area (Å²) in [5.41, 5.74) is 19.7. The topological polar surface area (TPSA) is 193 Å². The predicted octanol–water partition coefficient (Wildman–Crippen LogP) is -0.638. The van der Waals surface area contributed by atoms with Gasteiger partial charge in [0.25, 0.3) is 0 Å². The molecule has 176 valence electrons. The van der Waals surface area contributed by atoms with Gasteiger partial charge < -0.3 is 11.1 Å². The van der Waals surface area contributed by atoms with Gasteiger partial charge in [0, 0.05) is 24.2 Å². The highest BCUT2D eigenvalue weighted by atomic mass is 32.2. The molecular formula is C18H22N8O4S3. The fourth-order valence-corrected chi connectivity index (χ4v) is 8.11. The Morgan fingerprint density at radius 3 is 2.30 bits per heavy atom. The van der Waals surface area contributed by atoms with Crippen LogP contribution in [0.1, 0.15) is 17.3 Å². The maximum absolute atomic E-state index is 13.3. The van der Waals surface area contributed by atoms with Crippen molar-refractivity contribution < 1.29 is 16.8 Å². The number of anilines is 1. The maximum Gasteiger partial charge on any atom is 0.239 e. The number of rotatable bonds is 5. The molecule has 9 N–H and O–H groups in total. The molecule has 2 saturated heterocycles. The summed E-state index contributed by atoms with van der Waals surface area (Å²) >= 11 is 1.32. The number of benzene rings is 2. The van der Waals surface area contributed by atoms with E-state index in [4.69, 9.17) is 10.9 Å². The Labute approximate surface area is 194 Å². The van der Waals surface area contributed by atoms with Gasteiger partial charge in [-0.05, 0) is 24.1 Å². The van der Waals surface area contributed by atoms with Crippen molar-refractivity contribution >= 4 is 46.5 Å². The van der Waals surface area contributed by atoms with Crippen LogP contribution in [0.25, 0.3) is 21.3 Å². The zero-order valence-electron chi connectivity index (χ0n) is 17.3. The Morgan fingerprint density at radius 1 is 1.03 bits per heavy atom. The number of primary sulfonamides is 1. The second-order valence-electron chi connectivity index (χ2n) is 7.86. The van der Waals surface area contributed by atoms with Gasteiger partial charge in [0.15, 0.2) is 15.0 Å². The Morgan fingerprint density at radius 2 is 1.70 bits per heavy atom. The molecule has 15 heteroatoms. The van der Waals surface area contributed by atoms with Crippen molar-refractivity contribution in [2.24, 2.45) is 5.14 Å². The molecule has 0 radical (unpaired) electrons. The van der Waals surface area contributed by atoms with E-state index in [1.165, 1.54) is 17.4 Å². The van der Waals surface area contributed by atoms with Crippen LogP contribution in [0.3, 0.4) is 0 Å². The number of nitrogens with zero attached hydrogens (tertiary/aromatic N) is 1. The summed E-state index contributed by atoms with van der Waals surface area (Å²) in [7, 11) is -8.43. The fourth-order valence-electron chi connectivity index (χ4n) is 4.04. The van der Waals surface area contributed by atoms with Crippen LogP contribution in [-0.2, 0) is 19.9 Å². The minimum absolute atomic E-state index is 0.153. The average Bonchev–Trinajstić information content (AvgIpc) is 3.34. The monoisotopic (exact) mass is 510 g/mol. The normalized spacial score (nSPS) is 18.1. The van der Waals surface area contributed by atoms with Crippen molar-refractivity contribution in [3.63, 3.8) is 0 Å². The van der Waals surface area contributed by atoms with Gasteiger partial charge in [-0.1, -0.05) is 29.5 Å². The van der Waals surface area contributed by atoms with E-state index in [0.717, 1.165) is 10.3 Å². The van der Waals surface area contributed by atoms with Gasteiger partial charge in [0.2, 0.25) is 10.0 Å². The number of nitrogens with two attached hydrogens (primary N) is 2. The lowest BCUT2D eigenvalue weighted by atomic mass is 9.96. The molecule has 3 aromatic rings. The molecule has 0 saturated carbocycles. The highest BCUT2D eigenvalue weighted by molar-refractivity contribution is 7.94. The van der Waals surface area contributed by atoms with Gasteiger partial charge in [0.05, 0.1) is 20.4 Å². The first kappa shape index (κ1) is 22.6. The van der Waals surface area contributed by atoms with E-state index < -0.39 is 36.2 Å². The summed E-state index contributed by atoms with van der Waals surface area (Å²) in [4.78, 5) is 3.66. The van der Waals surface area contributed by atoms with Crippen LogP contribution in [0, 0.1) is 6.92 Å². The molecule has 12 nitrogen and oxygen atoms in total. The first-order chi connectivity index (χ1) is 15.6. The van der Waals surface area contributed by atoms with Crippen LogP contribution in [0.4, 0.5) is 5.13 Å². The highest BCUT2D eigenvalue weighted by Crippen LogP contribution is 2.41. The van der Waals surface area contributed by atoms with E-state index in [1.807, 2.05) is 19.1 Å². The van der Waals surface area contributed by atoms with Crippen molar-refractivity contribution in [2.75, 3.05) is 18.8 Å². The molecule has 33 heavy (non-hydrogen) atoms. The standard InChI is InChI=1S/C18H22N8O4S3/c1-8-2-3-11(14-15(8)31-18(19)22-14)10-4-5-12(32(27,28)9-6-21-7-9)16(33(20,29)30)13(10)17-23-25-26-24-17/h2-5,9,17,21,23-26H,6-7H2,1H3,(H2,19,22)(H2,20,29,30). The number of thiazole rings is 1. The first-order valence-corrected chi connectivity index (χ1v) is 13.8. The SMILES string of the molecule is Cc1ccc(-c2ccc(S(=O)(=O)C3CNC3)c(S(N)(=O)=O)c2C2NNNN2)c2nc(N)sc12. The number of hydrazine groups is 3. The number of sulfonamides is 1. The maximum atomic E-state index is 13.3. The summed E-state index contributed by atoms with van der Waals surface area (Å²) in [6.45, 7) is 2.41. The van der Waals surface area contributed by atoms with Crippen molar-refractivity contribution in [1.82, 2.24) is 32.2 Å². The van der Waals surface area contributed by atoms with Crippen LogP contribution in [0.15, 0.2) is 34.1 Å². The molecule has 5 rings (SSSR count). The van der Waals surface area contributed by atoms with E-state index in [1.54, 1.807) is 6.07 Å². The number of aryl methyl sites for hydroxylation is 1. The van der Waals surface area contributed by atoms with E-state index in [-0.39, 0.29) is 23.5 Å². The zero-order chi connectivity index (χ0) is 23.5. The molecule has 0 atom stereocenters. The second kappa shape index (κ2) is 7.93. The molecule has 0 bridgehead atoms. The van der Waals surface area contributed by atoms with Crippen molar-refractivity contribution in [1.29, 1.82) is 0 Å². The molecule has 2 aliphatic heterocycles. The minimum Gasteiger partial charge on any atom is -0.375 e. The van der Waals surface area contributed by atoms with Gasteiger partial charge in [-0.2, -0.15) is 11.1 Å². The van der Waals surface area contributed by atoms with Gasteiger partial charge in [-0.15, -0.1) is 0 Å². The Bertz CT molecular complexity index is 1480. The second-order valence-corrected chi connectivity index (χ2v) is 12.6. The van der Waals surface area contributed by atoms with Gasteiger partial charge in [-0.25, -0.2) is 37.8 Å². The third-order valence-corrected chi connectivity index (χ3v) is 10.1. The molecule has 0 aliphatic carbocycles. The number of hydrogen-bond acceptors (Lipinski definition) is 12. The number of aromatic nitrogens is 1. The van der Waals surface area contributed by atoms with E-state index in [9.17, 15) is 16.8 Å². The quantitative estimate of drug-likeness (QED) is 0.231. The summed E-state index contributed by atoms with van der Waals surface area (Å²) in [5.74, 6) is 0. The van der Waals surface area contributed by atoms with Gasteiger partial charge in [-0.3, -0.25) is 0 Å². The molecular weight excluding hydrogens is 488 g/mol. The van der Waals surface area contributed by atoms with E-state index in [0.29, 0.717) is 21.8 Å². The average molecular weight is 511 g/mol. The number of nitrogen functional groups attached to an aromatic ring is 1. The predicted molar refractivity (Wildman–Crippen MR) is 125 cm³/mol. The lowest BCUT2D eigenvalue weighted by Crippen LogP contribution is -2.51. The molecule has 2 fully saturated rings. The van der Waals surface area contributed by atoms with Crippen LogP contribution in [0.2, 0.25) is 0 Å². The van der Waals surface area contributed by atoms with Crippen LogP contribution >= 0.6 is 11.3 Å². The Hall–Kier alpha value is -2.21. The van der Waals surface area contributed by atoms with E-state index in [2.05, 4.69) is 32.2 Å². The highest BCUT2D eigenvalue weighted by Gasteiger charge is 2.39.